The highest BCUT2D eigenvalue weighted by Gasteiger charge is 2.52. The first-order chi connectivity index (χ1) is 9.13. The van der Waals surface area contributed by atoms with Crippen LogP contribution in [0.5, 0.6) is 0 Å². The van der Waals surface area contributed by atoms with Crippen molar-refractivity contribution in [2.75, 3.05) is 4.90 Å². The molecule has 1 heterocycles. The van der Waals surface area contributed by atoms with Crippen molar-refractivity contribution in [2.45, 2.75) is 26.2 Å². The summed E-state index contributed by atoms with van der Waals surface area (Å²) in [4.78, 5) is 26.4. The van der Waals surface area contributed by atoms with Gasteiger partial charge in [0.05, 0.1) is 17.5 Å². The number of benzene rings is 1. The predicted octanol–water partition coefficient (Wildman–Crippen LogP) is 3.22. The zero-order valence-corrected chi connectivity index (χ0v) is 13.0. The number of anilines is 1. The van der Waals surface area contributed by atoms with Crippen molar-refractivity contribution in [1.29, 1.82) is 0 Å². The van der Waals surface area contributed by atoms with Gasteiger partial charge in [0.25, 0.3) is 0 Å². The lowest BCUT2D eigenvalue weighted by molar-refractivity contribution is -0.123. The second-order valence-electron chi connectivity index (χ2n) is 5.42. The molecule has 19 heavy (non-hydrogen) atoms. The van der Waals surface area contributed by atoms with Crippen molar-refractivity contribution in [3.8, 4) is 0 Å². The first-order valence-corrected chi connectivity index (χ1v) is 7.83. The molecule has 2 atom stereocenters. The van der Waals surface area contributed by atoms with Crippen molar-refractivity contribution < 1.29 is 9.59 Å². The number of para-hydroxylation sites is 1. The molecule has 1 aromatic rings. The first-order valence-electron chi connectivity index (χ1n) is 6.75. The Bertz CT molecular complexity index is 519. The molecule has 2 fully saturated rings. The predicted molar refractivity (Wildman–Crippen MR) is 81.6 cm³/mol. The number of amides is 2. The lowest BCUT2D eigenvalue weighted by atomic mass is 10.00. The van der Waals surface area contributed by atoms with Gasteiger partial charge >= 0.3 is 0 Å². The van der Waals surface area contributed by atoms with Crippen molar-refractivity contribution in [3.63, 3.8) is 0 Å². The number of fused-ring (bicyclic) bond motifs is 1. The van der Waals surface area contributed by atoms with Crippen LogP contribution in [0.25, 0.3) is 0 Å². The molecular formula is C15H16INO2. The molecule has 3 nitrogen and oxygen atoms in total. The van der Waals surface area contributed by atoms with Crippen LogP contribution in [0, 0.1) is 21.3 Å². The van der Waals surface area contributed by atoms with Gasteiger partial charge in [-0.25, -0.2) is 4.90 Å². The van der Waals surface area contributed by atoms with Gasteiger partial charge in [-0.2, -0.15) is 0 Å². The van der Waals surface area contributed by atoms with Crippen LogP contribution >= 0.6 is 22.6 Å². The van der Waals surface area contributed by atoms with E-state index in [1.807, 2.05) is 24.3 Å². The number of nitrogens with zero attached hydrogens (tertiary/aromatic N) is 1. The Hall–Kier alpha value is -0.910. The summed E-state index contributed by atoms with van der Waals surface area (Å²) in [6, 6.07) is 7.58. The third kappa shape index (κ3) is 2.00. The van der Waals surface area contributed by atoms with E-state index in [9.17, 15) is 9.59 Å². The molecule has 0 spiro atoms. The highest BCUT2D eigenvalue weighted by atomic mass is 127. The molecular weight excluding hydrogens is 353 g/mol. The molecule has 1 saturated carbocycles. The largest absolute Gasteiger partial charge is 0.274 e. The molecule has 4 heteroatoms. The topological polar surface area (TPSA) is 37.4 Å². The number of carbonyl (C=O) groups is 2. The zero-order chi connectivity index (χ0) is 13.6. The Morgan fingerprint density at radius 3 is 2.26 bits per heavy atom. The van der Waals surface area contributed by atoms with Gasteiger partial charge in [0.2, 0.25) is 11.8 Å². The minimum absolute atomic E-state index is 0.00932. The van der Waals surface area contributed by atoms with Crippen LogP contribution in [-0.4, -0.2) is 11.8 Å². The quantitative estimate of drug-likeness (QED) is 0.593. The van der Waals surface area contributed by atoms with E-state index >= 15 is 0 Å². The molecule has 1 saturated heterocycles. The monoisotopic (exact) mass is 369 g/mol. The van der Waals surface area contributed by atoms with Gasteiger partial charge in [0.15, 0.2) is 0 Å². The summed E-state index contributed by atoms with van der Waals surface area (Å²) in [5.41, 5.74) is 0.751. The van der Waals surface area contributed by atoms with Crippen LogP contribution in [-0.2, 0) is 9.59 Å². The molecule has 3 rings (SSSR count). The number of hydrogen-bond acceptors (Lipinski definition) is 2. The summed E-state index contributed by atoms with van der Waals surface area (Å²) in [6.07, 6.45) is 2.83. The SMILES string of the molecule is CCC1CC2C(=O)N(c3ccccc3I)C(=O)C2C1. The van der Waals surface area contributed by atoms with Gasteiger partial charge in [-0.1, -0.05) is 25.5 Å². The molecule has 2 aliphatic rings. The highest BCUT2D eigenvalue weighted by Crippen LogP contribution is 2.46. The molecule has 0 aromatic heterocycles. The fourth-order valence-corrected chi connectivity index (χ4v) is 3.96. The average Bonchev–Trinajstić information content (AvgIpc) is 2.92. The number of hydrogen-bond donors (Lipinski definition) is 0. The smallest absolute Gasteiger partial charge is 0.237 e. The molecule has 1 aliphatic carbocycles. The average molecular weight is 369 g/mol. The van der Waals surface area contributed by atoms with Crippen molar-refractivity contribution in [2.24, 2.45) is 17.8 Å². The maximum Gasteiger partial charge on any atom is 0.237 e. The number of rotatable bonds is 2. The number of carbonyl (C=O) groups excluding carboxylic acids is 2. The summed E-state index contributed by atoms with van der Waals surface area (Å²) in [6.45, 7) is 2.14. The number of imide groups is 1. The van der Waals surface area contributed by atoms with Gasteiger partial charge in [-0.05, 0) is 53.5 Å². The van der Waals surface area contributed by atoms with Crippen molar-refractivity contribution >= 4 is 40.1 Å². The van der Waals surface area contributed by atoms with E-state index in [0.717, 1.165) is 28.5 Å². The van der Waals surface area contributed by atoms with Crippen LogP contribution in [0.3, 0.4) is 0 Å². The first kappa shape index (κ1) is 13.1. The van der Waals surface area contributed by atoms with Gasteiger partial charge < -0.3 is 0 Å². The summed E-state index contributed by atoms with van der Waals surface area (Å²) in [5.74, 6) is 0.409. The second kappa shape index (κ2) is 4.89. The molecule has 1 aromatic carbocycles. The third-order valence-electron chi connectivity index (χ3n) is 4.41. The summed E-state index contributed by atoms with van der Waals surface area (Å²) < 4.78 is 0.953. The lowest BCUT2D eigenvalue weighted by Gasteiger charge is -2.18. The van der Waals surface area contributed by atoms with E-state index in [2.05, 4.69) is 29.5 Å². The van der Waals surface area contributed by atoms with Crippen LogP contribution in [0.15, 0.2) is 24.3 Å². The van der Waals surface area contributed by atoms with Crippen LogP contribution in [0.4, 0.5) is 5.69 Å². The van der Waals surface area contributed by atoms with Crippen LogP contribution in [0.1, 0.15) is 26.2 Å². The minimum atomic E-state index is -0.0755. The minimum Gasteiger partial charge on any atom is -0.274 e. The molecule has 100 valence electrons. The fraction of sp³-hybridized carbons (Fsp3) is 0.467. The normalized spacial score (nSPS) is 30.0. The van der Waals surface area contributed by atoms with Gasteiger partial charge in [-0.15, -0.1) is 0 Å². The van der Waals surface area contributed by atoms with Crippen molar-refractivity contribution in [1.82, 2.24) is 0 Å². The molecule has 0 radical (unpaired) electrons. The van der Waals surface area contributed by atoms with E-state index < -0.39 is 0 Å². The Balaban J connectivity index is 1.93. The van der Waals surface area contributed by atoms with E-state index in [0.29, 0.717) is 5.92 Å². The zero-order valence-electron chi connectivity index (χ0n) is 10.8. The Morgan fingerprint density at radius 1 is 1.16 bits per heavy atom. The Kier molecular flexibility index (Phi) is 3.37. The Labute approximate surface area is 126 Å². The third-order valence-corrected chi connectivity index (χ3v) is 5.32. The van der Waals surface area contributed by atoms with Crippen molar-refractivity contribution in [3.05, 3.63) is 27.8 Å². The standard InChI is InChI=1S/C15H16INO2/c1-2-9-7-10-11(8-9)15(19)17(14(10)18)13-6-4-3-5-12(13)16/h3-6,9-11H,2,7-8H2,1H3. The van der Waals surface area contributed by atoms with Gasteiger partial charge in [0, 0.05) is 3.57 Å². The summed E-state index contributed by atoms with van der Waals surface area (Å²) in [7, 11) is 0. The maximum absolute atomic E-state index is 12.5. The molecule has 0 N–H and O–H groups in total. The van der Waals surface area contributed by atoms with Gasteiger partial charge in [0.1, 0.15) is 0 Å². The maximum atomic E-state index is 12.5. The number of halogens is 1. The molecule has 1 aliphatic heterocycles. The van der Waals surface area contributed by atoms with E-state index in [4.69, 9.17) is 0 Å². The van der Waals surface area contributed by atoms with Gasteiger partial charge in [-0.3, -0.25) is 9.59 Å². The lowest BCUT2D eigenvalue weighted by Crippen LogP contribution is -2.32. The van der Waals surface area contributed by atoms with E-state index in [1.54, 1.807) is 0 Å². The molecule has 2 unspecified atom stereocenters. The van der Waals surface area contributed by atoms with Crippen LogP contribution < -0.4 is 4.90 Å². The van der Waals surface area contributed by atoms with E-state index in [-0.39, 0.29) is 23.7 Å². The summed E-state index contributed by atoms with van der Waals surface area (Å²) >= 11 is 2.18. The molecule has 0 bridgehead atoms. The second-order valence-corrected chi connectivity index (χ2v) is 6.58. The fourth-order valence-electron chi connectivity index (χ4n) is 3.33. The van der Waals surface area contributed by atoms with Crippen LogP contribution in [0.2, 0.25) is 0 Å². The highest BCUT2D eigenvalue weighted by molar-refractivity contribution is 14.1. The summed E-state index contributed by atoms with van der Waals surface area (Å²) in [5, 5.41) is 0. The molecule has 2 amide bonds. The Morgan fingerprint density at radius 2 is 1.74 bits per heavy atom. The van der Waals surface area contributed by atoms with E-state index in [1.165, 1.54) is 4.90 Å².